The van der Waals surface area contributed by atoms with Crippen LogP contribution in [0.25, 0.3) is 0 Å². The fraction of sp³-hybridized carbons (Fsp3) is 0.176. The minimum absolute atomic E-state index is 0.131. The van der Waals surface area contributed by atoms with Gasteiger partial charge in [0.25, 0.3) is 11.6 Å². The zero-order valence-corrected chi connectivity index (χ0v) is 13.3. The fourth-order valence-electron chi connectivity index (χ4n) is 2.17. The second kappa shape index (κ2) is 7.36. The zero-order valence-electron chi connectivity index (χ0n) is 13.3. The standard InChI is InChI=1S/C17H17N3O4/c1-12(17(22)19(2)14-8-4-3-5-9-14)18-16(21)13-7-6-10-15(11-13)20(23)24/h3-12H,1-2H3,(H,18,21). The van der Waals surface area contributed by atoms with Gasteiger partial charge in [0.15, 0.2) is 0 Å². The Morgan fingerprint density at radius 2 is 1.79 bits per heavy atom. The SMILES string of the molecule is CC(NC(=O)c1cccc([N+](=O)[O-])c1)C(=O)N(C)c1ccccc1. The van der Waals surface area contributed by atoms with Crippen LogP contribution < -0.4 is 10.2 Å². The van der Waals surface area contributed by atoms with Crippen LogP contribution in [-0.4, -0.2) is 29.8 Å². The molecule has 2 amide bonds. The molecule has 2 aromatic carbocycles. The monoisotopic (exact) mass is 327 g/mol. The summed E-state index contributed by atoms with van der Waals surface area (Å²) >= 11 is 0. The van der Waals surface area contributed by atoms with Crippen molar-refractivity contribution in [1.29, 1.82) is 0 Å². The molecular weight excluding hydrogens is 310 g/mol. The number of hydrogen-bond acceptors (Lipinski definition) is 4. The number of para-hydroxylation sites is 1. The van der Waals surface area contributed by atoms with E-state index < -0.39 is 16.9 Å². The van der Waals surface area contributed by atoms with Crippen LogP contribution in [0.1, 0.15) is 17.3 Å². The molecule has 0 aliphatic heterocycles. The second-order valence-corrected chi connectivity index (χ2v) is 5.24. The number of nitro benzene ring substituents is 1. The number of nitrogens with one attached hydrogen (secondary N) is 1. The molecule has 24 heavy (non-hydrogen) atoms. The van der Waals surface area contributed by atoms with Crippen LogP contribution in [0, 0.1) is 10.1 Å². The van der Waals surface area contributed by atoms with Crippen LogP contribution in [0.2, 0.25) is 0 Å². The predicted octanol–water partition coefficient (Wildman–Crippen LogP) is 2.38. The Morgan fingerprint density at radius 3 is 2.42 bits per heavy atom. The minimum Gasteiger partial charge on any atom is -0.341 e. The van der Waals surface area contributed by atoms with Crippen LogP contribution >= 0.6 is 0 Å². The van der Waals surface area contributed by atoms with E-state index in [1.807, 2.05) is 18.2 Å². The molecule has 7 nitrogen and oxygen atoms in total. The molecule has 1 unspecified atom stereocenters. The number of anilines is 1. The van der Waals surface area contributed by atoms with Crippen LogP contribution in [0.15, 0.2) is 54.6 Å². The van der Waals surface area contributed by atoms with Gasteiger partial charge < -0.3 is 10.2 Å². The van der Waals surface area contributed by atoms with E-state index in [1.165, 1.54) is 29.2 Å². The minimum atomic E-state index is -0.776. The average molecular weight is 327 g/mol. The average Bonchev–Trinajstić information content (AvgIpc) is 2.61. The molecule has 7 heteroatoms. The highest BCUT2D eigenvalue weighted by Gasteiger charge is 2.21. The van der Waals surface area contributed by atoms with Gasteiger partial charge in [-0.05, 0) is 25.1 Å². The largest absolute Gasteiger partial charge is 0.341 e. The Hall–Kier alpha value is -3.22. The molecule has 0 heterocycles. The van der Waals surface area contributed by atoms with Gasteiger partial charge in [-0.3, -0.25) is 19.7 Å². The van der Waals surface area contributed by atoms with Crippen molar-refractivity contribution in [2.75, 3.05) is 11.9 Å². The van der Waals surface area contributed by atoms with Gasteiger partial charge in [0.2, 0.25) is 5.91 Å². The summed E-state index contributed by atoms with van der Waals surface area (Å²) in [5.74, 6) is -0.832. The lowest BCUT2D eigenvalue weighted by Crippen LogP contribution is -2.45. The number of nitro groups is 1. The lowest BCUT2D eigenvalue weighted by atomic mass is 10.1. The number of carbonyl (C=O) groups is 2. The van der Waals surface area contributed by atoms with E-state index in [9.17, 15) is 19.7 Å². The van der Waals surface area contributed by atoms with Crippen LogP contribution in [-0.2, 0) is 4.79 Å². The molecule has 0 fully saturated rings. The predicted molar refractivity (Wildman–Crippen MR) is 89.9 cm³/mol. The van der Waals surface area contributed by atoms with E-state index in [4.69, 9.17) is 0 Å². The summed E-state index contributed by atoms with van der Waals surface area (Å²) in [7, 11) is 1.62. The summed E-state index contributed by atoms with van der Waals surface area (Å²) in [4.78, 5) is 36.2. The molecule has 2 rings (SSSR count). The lowest BCUT2D eigenvalue weighted by Gasteiger charge is -2.22. The summed E-state index contributed by atoms with van der Waals surface area (Å²) < 4.78 is 0. The quantitative estimate of drug-likeness (QED) is 0.674. The molecule has 0 spiro atoms. The zero-order chi connectivity index (χ0) is 17.7. The van der Waals surface area contributed by atoms with Crippen LogP contribution in [0.5, 0.6) is 0 Å². The molecule has 0 saturated carbocycles. The molecule has 1 N–H and O–H groups in total. The van der Waals surface area contributed by atoms with Crippen molar-refractivity contribution in [3.8, 4) is 0 Å². The van der Waals surface area contributed by atoms with E-state index in [2.05, 4.69) is 5.32 Å². The summed E-state index contributed by atoms with van der Waals surface area (Å²) in [6.45, 7) is 1.57. The highest BCUT2D eigenvalue weighted by Crippen LogP contribution is 2.14. The number of amides is 2. The van der Waals surface area contributed by atoms with Crippen molar-refractivity contribution in [1.82, 2.24) is 5.32 Å². The highest BCUT2D eigenvalue weighted by atomic mass is 16.6. The fourth-order valence-corrected chi connectivity index (χ4v) is 2.17. The molecule has 1 atom stereocenters. The third kappa shape index (κ3) is 3.95. The number of non-ortho nitro benzene ring substituents is 1. The van der Waals surface area contributed by atoms with Crippen molar-refractivity contribution in [3.05, 3.63) is 70.3 Å². The molecule has 0 saturated heterocycles. The van der Waals surface area contributed by atoms with Gasteiger partial charge in [0.1, 0.15) is 6.04 Å². The van der Waals surface area contributed by atoms with Gasteiger partial charge in [0, 0.05) is 30.4 Å². The third-order valence-electron chi connectivity index (χ3n) is 3.51. The molecule has 0 bridgehead atoms. The number of nitrogens with zero attached hydrogens (tertiary/aromatic N) is 2. The Bertz CT molecular complexity index is 761. The first-order valence-corrected chi connectivity index (χ1v) is 7.28. The first-order valence-electron chi connectivity index (χ1n) is 7.28. The first kappa shape index (κ1) is 17.1. The first-order chi connectivity index (χ1) is 11.4. The summed E-state index contributed by atoms with van der Waals surface area (Å²) in [6, 6.07) is 13.6. The molecular formula is C17H17N3O4. The van der Waals surface area contributed by atoms with Crippen molar-refractivity contribution in [2.24, 2.45) is 0 Å². The normalized spacial score (nSPS) is 11.4. The molecule has 0 radical (unpaired) electrons. The highest BCUT2D eigenvalue weighted by molar-refractivity contribution is 6.02. The lowest BCUT2D eigenvalue weighted by molar-refractivity contribution is -0.384. The summed E-state index contributed by atoms with van der Waals surface area (Å²) in [5, 5.41) is 13.3. The maximum absolute atomic E-state index is 12.4. The topological polar surface area (TPSA) is 92.5 Å². The van der Waals surface area contributed by atoms with Gasteiger partial charge in [-0.2, -0.15) is 0 Å². The number of likely N-dealkylation sites (N-methyl/N-ethyl adjacent to an activating group) is 1. The third-order valence-corrected chi connectivity index (χ3v) is 3.51. The summed E-state index contributed by atoms with van der Waals surface area (Å²) in [6.07, 6.45) is 0. The molecule has 124 valence electrons. The van der Waals surface area contributed by atoms with E-state index >= 15 is 0 Å². The van der Waals surface area contributed by atoms with Gasteiger partial charge in [-0.1, -0.05) is 24.3 Å². The van der Waals surface area contributed by atoms with Gasteiger partial charge in [-0.15, -0.1) is 0 Å². The maximum Gasteiger partial charge on any atom is 0.270 e. The van der Waals surface area contributed by atoms with E-state index in [1.54, 1.807) is 26.1 Å². The molecule has 0 aliphatic carbocycles. The van der Waals surface area contributed by atoms with Crippen molar-refractivity contribution < 1.29 is 14.5 Å². The van der Waals surface area contributed by atoms with E-state index in [-0.39, 0.29) is 17.2 Å². The Balaban J connectivity index is 2.07. The molecule has 0 aliphatic rings. The Kier molecular flexibility index (Phi) is 5.26. The van der Waals surface area contributed by atoms with Crippen molar-refractivity contribution >= 4 is 23.2 Å². The maximum atomic E-state index is 12.4. The van der Waals surface area contributed by atoms with Crippen LogP contribution in [0.4, 0.5) is 11.4 Å². The number of hydrogen-bond donors (Lipinski definition) is 1. The molecule has 0 aromatic heterocycles. The van der Waals surface area contributed by atoms with E-state index in [0.29, 0.717) is 5.69 Å². The van der Waals surface area contributed by atoms with Crippen molar-refractivity contribution in [2.45, 2.75) is 13.0 Å². The van der Waals surface area contributed by atoms with E-state index in [0.717, 1.165) is 0 Å². The Morgan fingerprint density at radius 1 is 1.12 bits per heavy atom. The van der Waals surface area contributed by atoms with Crippen LogP contribution in [0.3, 0.4) is 0 Å². The summed E-state index contributed by atoms with van der Waals surface area (Å²) in [5.41, 5.74) is 0.660. The van der Waals surface area contributed by atoms with Gasteiger partial charge >= 0.3 is 0 Å². The number of rotatable bonds is 5. The second-order valence-electron chi connectivity index (χ2n) is 5.24. The van der Waals surface area contributed by atoms with Crippen molar-refractivity contribution in [3.63, 3.8) is 0 Å². The van der Waals surface area contributed by atoms with Gasteiger partial charge in [-0.25, -0.2) is 0 Å². The smallest absolute Gasteiger partial charge is 0.270 e. The number of benzene rings is 2. The molecule has 2 aromatic rings. The Labute approximate surface area is 139 Å². The van der Waals surface area contributed by atoms with Gasteiger partial charge in [0.05, 0.1) is 4.92 Å². The number of carbonyl (C=O) groups excluding carboxylic acids is 2.